The maximum absolute atomic E-state index is 13.3. The first-order chi connectivity index (χ1) is 20.3. The lowest BCUT2D eigenvalue weighted by molar-refractivity contribution is -0.121. The summed E-state index contributed by atoms with van der Waals surface area (Å²) >= 11 is 4.71. The lowest BCUT2D eigenvalue weighted by Gasteiger charge is -2.15. The van der Waals surface area contributed by atoms with Crippen LogP contribution in [0.2, 0.25) is 0 Å². The van der Waals surface area contributed by atoms with Gasteiger partial charge in [0, 0.05) is 27.0 Å². The summed E-state index contributed by atoms with van der Waals surface area (Å²) in [5.41, 5.74) is 3.37. The molecular formula is C33H26BrN3O4S. The van der Waals surface area contributed by atoms with Gasteiger partial charge < -0.3 is 10.6 Å². The highest BCUT2D eigenvalue weighted by molar-refractivity contribution is 9.10. The Bertz CT molecular complexity index is 1650. The molecule has 4 aromatic carbocycles. The van der Waals surface area contributed by atoms with Gasteiger partial charge in [0.2, 0.25) is 11.8 Å². The van der Waals surface area contributed by atoms with Crippen molar-refractivity contribution in [2.45, 2.75) is 23.5 Å². The van der Waals surface area contributed by atoms with Crippen molar-refractivity contribution < 1.29 is 19.2 Å². The average Bonchev–Trinajstić information content (AvgIpc) is 3.27. The minimum Gasteiger partial charge on any atom is -0.321 e. The quantitative estimate of drug-likeness (QED) is 0.167. The van der Waals surface area contributed by atoms with Crippen molar-refractivity contribution >= 4 is 68.8 Å². The summed E-state index contributed by atoms with van der Waals surface area (Å²) in [6.07, 6.45) is 1.72. The molecule has 1 atom stereocenters. The van der Waals surface area contributed by atoms with Crippen molar-refractivity contribution in [3.05, 3.63) is 130 Å². The van der Waals surface area contributed by atoms with Crippen LogP contribution in [0.3, 0.4) is 0 Å². The minimum atomic E-state index is -0.534. The summed E-state index contributed by atoms with van der Waals surface area (Å²) in [5, 5.41) is 5.02. The number of nitrogens with zero attached hydrogens (tertiary/aromatic N) is 1. The Morgan fingerprint density at radius 3 is 2.21 bits per heavy atom. The second kappa shape index (κ2) is 13.0. The van der Waals surface area contributed by atoms with Gasteiger partial charge in [0.15, 0.2) is 0 Å². The summed E-state index contributed by atoms with van der Waals surface area (Å²) in [6, 6.07) is 30.3. The van der Waals surface area contributed by atoms with Gasteiger partial charge in [-0.2, -0.15) is 0 Å². The van der Waals surface area contributed by atoms with Gasteiger partial charge >= 0.3 is 0 Å². The first-order valence-corrected chi connectivity index (χ1v) is 14.8. The highest BCUT2D eigenvalue weighted by Crippen LogP contribution is 2.34. The average molecular weight is 641 g/mol. The van der Waals surface area contributed by atoms with Crippen molar-refractivity contribution in [2.24, 2.45) is 0 Å². The number of hydrogen-bond acceptors (Lipinski definition) is 5. The monoisotopic (exact) mass is 639 g/mol. The number of carbonyl (C=O) groups is 4. The van der Waals surface area contributed by atoms with Crippen LogP contribution in [0.15, 0.2) is 118 Å². The molecule has 1 aliphatic heterocycles. The van der Waals surface area contributed by atoms with Gasteiger partial charge in [-0.3, -0.25) is 19.2 Å². The van der Waals surface area contributed by atoms with Gasteiger partial charge in [-0.1, -0.05) is 64.0 Å². The van der Waals surface area contributed by atoms with E-state index in [0.29, 0.717) is 16.9 Å². The van der Waals surface area contributed by atoms with E-state index >= 15 is 0 Å². The summed E-state index contributed by atoms with van der Waals surface area (Å²) in [6.45, 7) is 1.95. The van der Waals surface area contributed by atoms with E-state index in [-0.39, 0.29) is 23.9 Å². The molecule has 4 amide bonds. The van der Waals surface area contributed by atoms with Crippen LogP contribution >= 0.6 is 27.7 Å². The molecular weight excluding hydrogens is 614 g/mol. The summed E-state index contributed by atoms with van der Waals surface area (Å²) < 4.78 is 0.892. The van der Waals surface area contributed by atoms with Crippen molar-refractivity contribution in [1.82, 2.24) is 5.32 Å². The number of amides is 4. The molecule has 1 saturated heterocycles. The largest absolute Gasteiger partial charge is 0.321 e. The Morgan fingerprint density at radius 1 is 0.881 bits per heavy atom. The lowest BCUT2D eigenvalue weighted by Crippen LogP contribution is -2.31. The fourth-order valence-corrected chi connectivity index (χ4v) is 5.63. The normalized spacial score (nSPS) is 15.0. The third-order valence-corrected chi connectivity index (χ3v) is 8.22. The van der Waals surface area contributed by atoms with Crippen LogP contribution in [-0.4, -0.2) is 28.9 Å². The van der Waals surface area contributed by atoms with Crippen LogP contribution in [0.25, 0.3) is 6.08 Å². The molecule has 210 valence electrons. The fourth-order valence-electron chi connectivity index (χ4n) is 4.31. The number of aryl methyl sites for hydroxylation is 1. The highest BCUT2D eigenvalue weighted by Gasteiger charge is 2.40. The predicted octanol–water partition coefficient (Wildman–Crippen LogP) is 6.59. The Kier molecular flexibility index (Phi) is 9.00. The van der Waals surface area contributed by atoms with E-state index in [9.17, 15) is 19.2 Å². The number of rotatable bonds is 8. The van der Waals surface area contributed by atoms with Crippen molar-refractivity contribution in [3.63, 3.8) is 0 Å². The highest BCUT2D eigenvalue weighted by atomic mass is 79.9. The zero-order chi connectivity index (χ0) is 29.6. The molecule has 0 aromatic heterocycles. The van der Waals surface area contributed by atoms with Crippen LogP contribution < -0.4 is 15.5 Å². The second-order valence-corrected chi connectivity index (χ2v) is 11.8. The van der Waals surface area contributed by atoms with Gasteiger partial charge in [0.1, 0.15) is 5.70 Å². The number of nitrogens with one attached hydrogen (secondary N) is 2. The molecule has 1 fully saturated rings. The number of thioether (sulfide) groups is 1. The molecule has 0 bridgehead atoms. The number of halogens is 1. The number of anilines is 2. The van der Waals surface area contributed by atoms with Crippen molar-refractivity contribution in [3.8, 4) is 0 Å². The molecule has 1 aliphatic rings. The molecule has 0 saturated carbocycles. The Morgan fingerprint density at radius 2 is 1.55 bits per heavy atom. The predicted molar refractivity (Wildman–Crippen MR) is 169 cm³/mol. The van der Waals surface area contributed by atoms with Crippen molar-refractivity contribution in [1.29, 1.82) is 0 Å². The van der Waals surface area contributed by atoms with Gasteiger partial charge in [0.25, 0.3) is 11.8 Å². The van der Waals surface area contributed by atoms with Crippen LogP contribution in [0, 0.1) is 6.92 Å². The number of benzene rings is 4. The van der Waals surface area contributed by atoms with Crippen LogP contribution in [0.5, 0.6) is 0 Å². The first kappa shape index (κ1) is 29.0. The van der Waals surface area contributed by atoms with E-state index in [1.165, 1.54) is 16.7 Å². The smallest absolute Gasteiger partial charge is 0.272 e. The van der Waals surface area contributed by atoms with Crippen LogP contribution in [0.1, 0.15) is 27.9 Å². The van der Waals surface area contributed by atoms with Gasteiger partial charge in [-0.05, 0) is 79.2 Å². The number of imide groups is 1. The van der Waals surface area contributed by atoms with E-state index in [1.807, 2.05) is 49.4 Å². The molecule has 9 heteroatoms. The van der Waals surface area contributed by atoms with Gasteiger partial charge in [0.05, 0.1) is 10.9 Å². The van der Waals surface area contributed by atoms with Gasteiger partial charge in [-0.25, -0.2) is 4.90 Å². The van der Waals surface area contributed by atoms with E-state index in [4.69, 9.17) is 0 Å². The topological polar surface area (TPSA) is 95.6 Å². The molecule has 42 heavy (non-hydrogen) atoms. The fraction of sp³-hybridized carbons (Fsp3) is 0.0909. The second-order valence-electron chi connectivity index (χ2n) is 9.62. The maximum atomic E-state index is 13.3. The van der Waals surface area contributed by atoms with Crippen molar-refractivity contribution in [2.75, 3.05) is 10.2 Å². The summed E-state index contributed by atoms with van der Waals surface area (Å²) in [7, 11) is 0. The number of hydrogen-bond donors (Lipinski definition) is 2. The summed E-state index contributed by atoms with van der Waals surface area (Å²) in [4.78, 5) is 53.8. The molecule has 7 nitrogen and oxygen atoms in total. The molecule has 0 aliphatic carbocycles. The lowest BCUT2D eigenvalue weighted by atomic mass is 10.1. The minimum absolute atomic E-state index is 0.0795. The molecule has 0 spiro atoms. The molecule has 1 unspecified atom stereocenters. The Balaban J connectivity index is 1.27. The SMILES string of the molecule is Cc1ccc(N2C(=O)CC(Sc3ccc(NC(=O)/C(=C/c4ccc(Br)cc4)NC(=O)c4ccccc4)cc3)C2=O)cc1. The van der Waals surface area contributed by atoms with E-state index in [1.54, 1.807) is 66.7 Å². The third-order valence-electron chi connectivity index (χ3n) is 6.50. The Hall–Kier alpha value is -4.47. The zero-order valence-electron chi connectivity index (χ0n) is 22.5. The molecule has 5 rings (SSSR count). The van der Waals surface area contributed by atoms with Crippen LogP contribution in [0.4, 0.5) is 11.4 Å². The zero-order valence-corrected chi connectivity index (χ0v) is 24.9. The van der Waals surface area contributed by atoms with Gasteiger partial charge in [-0.15, -0.1) is 11.8 Å². The Labute approximate surface area is 256 Å². The third kappa shape index (κ3) is 7.05. The molecule has 0 radical (unpaired) electrons. The maximum Gasteiger partial charge on any atom is 0.272 e. The van der Waals surface area contributed by atoms with E-state index in [0.717, 1.165) is 20.5 Å². The molecule has 4 aromatic rings. The molecule has 1 heterocycles. The van der Waals surface area contributed by atoms with E-state index in [2.05, 4.69) is 26.6 Å². The standard InChI is InChI=1S/C33H26BrN3O4S/c1-21-7-15-26(16-8-21)37-30(38)20-29(33(37)41)42-27-17-13-25(14-18-27)35-32(40)28(19-22-9-11-24(34)12-10-22)36-31(39)23-5-3-2-4-6-23/h2-19,29H,20H2,1H3,(H,35,40)(H,36,39)/b28-19-. The van der Waals surface area contributed by atoms with Crippen LogP contribution in [-0.2, 0) is 14.4 Å². The molecule has 2 N–H and O–H groups in total. The summed E-state index contributed by atoms with van der Waals surface area (Å²) in [5.74, 6) is -1.37. The first-order valence-electron chi connectivity index (χ1n) is 13.1. The number of carbonyl (C=O) groups excluding carboxylic acids is 4. The van der Waals surface area contributed by atoms with E-state index < -0.39 is 17.1 Å².